The molecule has 152 valence electrons. The normalized spacial score (nSPS) is 24.9. The molecule has 2 unspecified atom stereocenters. The summed E-state index contributed by atoms with van der Waals surface area (Å²) in [6, 6.07) is 0. The fraction of sp³-hybridized carbons (Fsp3) is 0.875. The smallest absolute Gasteiger partial charge is 0.330 e. The van der Waals surface area contributed by atoms with Gasteiger partial charge in [0.15, 0.2) is 0 Å². The van der Waals surface area contributed by atoms with Gasteiger partial charge in [0.2, 0.25) is 15.9 Å². The molecular weight excluding hydrogens is 364 g/mol. The lowest BCUT2D eigenvalue weighted by Gasteiger charge is -2.58. The third-order valence-electron chi connectivity index (χ3n) is 4.74. The Morgan fingerprint density at radius 3 is 2.38 bits per heavy atom. The van der Waals surface area contributed by atoms with Crippen molar-refractivity contribution < 1.29 is 32.6 Å². The molecule has 2 atom stereocenters. The Morgan fingerprint density at radius 2 is 1.92 bits per heavy atom. The van der Waals surface area contributed by atoms with Crippen LogP contribution in [0.1, 0.15) is 41.0 Å². The van der Waals surface area contributed by atoms with Crippen LogP contribution >= 0.6 is 0 Å². The Morgan fingerprint density at radius 1 is 1.31 bits per heavy atom. The molecule has 0 spiro atoms. The molecule has 1 fully saturated rings. The van der Waals surface area contributed by atoms with Crippen molar-refractivity contribution >= 4 is 21.9 Å². The number of carbonyl (C=O) groups excluding carboxylic acids is 1. The largest absolute Gasteiger partial charge is 0.479 e. The second-order valence-corrected chi connectivity index (χ2v) is 9.11. The first-order chi connectivity index (χ1) is 11.9. The van der Waals surface area contributed by atoms with E-state index in [0.717, 1.165) is 0 Å². The number of ether oxygens (including phenoxy) is 2. The Bertz CT molecular complexity index is 618. The molecule has 1 aliphatic rings. The quantitative estimate of drug-likeness (QED) is 0.453. The zero-order valence-corrected chi connectivity index (χ0v) is 16.8. The first kappa shape index (κ1) is 22.8. The van der Waals surface area contributed by atoms with Crippen molar-refractivity contribution in [3.8, 4) is 0 Å². The number of hydrogen-bond acceptors (Lipinski definition) is 6. The number of amides is 1. The Balaban J connectivity index is 2.64. The molecule has 0 aromatic heterocycles. The Hall–Kier alpha value is -1.23. The highest BCUT2D eigenvalue weighted by Crippen LogP contribution is 2.51. The summed E-state index contributed by atoms with van der Waals surface area (Å²) in [6.07, 6.45) is -0.263. The van der Waals surface area contributed by atoms with Crippen LogP contribution in [0.2, 0.25) is 0 Å². The molecule has 0 heterocycles. The van der Waals surface area contributed by atoms with Crippen LogP contribution in [0.5, 0.6) is 0 Å². The van der Waals surface area contributed by atoms with E-state index in [4.69, 9.17) is 9.47 Å². The molecule has 1 saturated carbocycles. The number of carboxylic acids is 1. The maximum Gasteiger partial charge on any atom is 0.330 e. The highest BCUT2D eigenvalue weighted by atomic mass is 32.2. The van der Waals surface area contributed by atoms with Gasteiger partial charge < -0.3 is 19.9 Å². The van der Waals surface area contributed by atoms with Crippen LogP contribution in [0.4, 0.5) is 0 Å². The minimum Gasteiger partial charge on any atom is -0.479 e. The molecular formula is C16H30N2O7S. The van der Waals surface area contributed by atoms with E-state index in [9.17, 15) is 23.1 Å². The second-order valence-electron chi connectivity index (χ2n) is 7.19. The van der Waals surface area contributed by atoms with Gasteiger partial charge in [-0.1, -0.05) is 13.8 Å². The third kappa shape index (κ3) is 5.15. The van der Waals surface area contributed by atoms with Gasteiger partial charge in [0.05, 0.1) is 31.1 Å². The lowest BCUT2D eigenvalue weighted by molar-refractivity contribution is -0.194. The monoisotopic (exact) mass is 394 g/mol. The molecule has 0 aliphatic heterocycles. The molecule has 10 heteroatoms. The van der Waals surface area contributed by atoms with Crippen molar-refractivity contribution in [2.75, 3.05) is 25.5 Å². The summed E-state index contributed by atoms with van der Waals surface area (Å²) in [6.45, 7) is 8.72. The summed E-state index contributed by atoms with van der Waals surface area (Å²) < 4.78 is 36.6. The van der Waals surface area contributed by atoms with Crippen molar-refractivity contribution in [2.24, 2.45) is 5.41 Å². The van der Waals surface area contributed by atoms with Crippen molar-refractivity contribution in [1.29, 1.82) is 0 Å². The van der Waals surface area contributed by atoms with E-state index >= 15 is 0 Å². The van der Waals surface area contributed by atoms with Gasteiger partial charge in [0.1, 0.15) is 5.54 Å². The SMILES string of the molecule is CCOC1CC(NC(=O)CNS(=O)(=O)CCOC(C)C)(C(=O)O)C1(C)C. The van der Waals surface area contributed by atoms with E-state index < -0.39 is 39.4 Å². The van der Waals surface area contributed by atoms with Gasteiger partial charge in [0, 0.05) is 18.4 Å². The van der Waals surface area contributed by atoms with Gasteiger partial charge in [-0.05, 0) is 20.8 Å². The first-order valence-corrected chi connectivity index (χ1v) is 10.3. The number of nitrogens with one attached hydrogen (secondary N) is 2. The summed E-state index contributed by atoms with van der Waals surface area (Å²) in [4.78, 5) is 23.9. The topological polar surface area (TPSA) is 131 Å². The predicted molar refractivity (Wildman–Crippen MR) is 95.2 cm³/mol. The molecule has 0 radical (unpaired) electrons. The molecule has 26 heavy (non-hydrogen) atoms. The molecule has 9 nitrogen and oxygen atoms in total. The van der Waals surface area contributed by atoms with E-state index in [0.29, 0.717) is 6.61 Å². The Labute approximate surface area is 154 Å². The lowest BCUT2D eigenvalue weighted by atomic mass is 9.54. The number of aliphatic carboxylic acids is 1. The molecule has 1 aliphatic carbocycles. The zero-order chi connectivity index (χ0) is 20.2. The predicted octanol–water partition coefficient (Wildman–Crippen LogP) is 0.105. The molecule has 0 bridgehead atoms. The molecule has 0 saturated heterocycles. The van der Waals surface area contributed by atoms with E-state index in [1.807, 2.05) is 6.92 Å². The van der Waals surface area contributed by atoms with Crippen LogP contribution in [-0.4, -0.2) is 68.7 Å². The number of carboxylic acid groups (broad SMARTS) is 1. The van der Waals surface area contributed by atoms with E-state index in [2.05, 4.69) is 10.0 Å². The van der Waals surface area contributed by atoms with Gasteiger partial charge in [-0.25, -0.2) is 17.9 Å². The summed E-state index contributed by atoms with van der Waals surface area (Å²) in [5.74, 6) is -2.15. The number of hydrogen-bond donors (Lipinski definition) is 3. The number of sulfonamides is 1. The van der Waals surface area contributed by atoms with Crippen molar-refractivity contribution in [3.63, 3.8) is 0 Å². The van der Waals surface area contributed by atoms with Crippen LogP contribution in [0, 0.1) is 5.41 Å². The fourth-order valence-corrected chi connectivity index (χ4v) is 3.77. The van der Waals surface area contributed by atoms with Gasteiger partial charge >= 0.3 is 5.97 Å². The van der Waals surface area contributed by atoms with Crippen molar-refractivity contribution in [2.45, 2.75) is 58.8 Å². The van der Waals surface area contributed by atoms with Gasteiger partial charge in [-0.2, -0.15) is 0 Å². The van der Waals surface area contributed by atoms with E-state index in [1.165, 1.54) is 0 Å². The van der Waals surface area contributed by atoms with Crippen LogP contribution in [0.25, 0.3) is 0 Å². The highest BCUT2D eigenvalue weighted by molar-refractivity contribution is 7.89. The number of carbonyl (C=O) groups is 2. The lowest BCUT2D eigenvalue weighted by Crippen LogP contribution is -2.76. The average molecular weight is 394 g/mol. The standard InChI is InChI=1S/C16H30N2O7S/c1-6-24-12-9-16(14(20)21,15(12,4)5)18-13(19)10-17-26(22,23)8-7-25-11(2)3/h11-12,17H,6-10H2,1-5H3,(H,18,19)(H,20,21). The molecule has 1 amide bonds. The minimum atomic E-state index is -3.69. The van der Waals surface area contributed by atoms with E-state index in [1.54, 1.807) is 27.7 Å². The zero-order valence-electron chi connectivity index (χ0n) is 16.0. The van der Waals surface area contributed by atoms with Gasteiger partial charge in [0.25, 0.3) is 0 Å². The van der Waals surface area contributed by atoms with Crippen LogP contribution < -0.4 is 10.0 Å². The maximum absolute atomic E-state index is 12.2. The summed E-state index contributed by atoms with van der Waals surface area (Å²) in [5, 5.41) is 12.1. The molecule has 1 rings (SSSR count). The van der Waals surface area contributed by atoms with Gasteiger partial charge in [-0.3, -0.25) is 4.79 Å². The molecule has 3 N–H and O–H groups in total. The fourth-order valence-electron chi connectivity index (χ4n) is 2.96. The summed E-state index contributed by atoms with van der Waals surface area (Å²) >= 11 is 0. The Kier molecular flexibility index (Phi) is 7.58. The van der Waals surface area contributed by atoms with Crippen LogP contribution in [-0.2, 0) is 29.1 Å². The van der Waals surface area contributed by atoms with Crippen molar-refractivity contribution in [3.05, 3.63) is 0 Å². The molecule has 0 aromatic carbocycles. The molecule has 0 aromatic rings. The highest BCUT2D eigenvalue weighted by Gasteiger charge is 2.66. The van der Waals surface area contributed by atoms with Gasteiger partial charge in [-0.15, -0.1) is 0 Å². The third-order valence-corrected chi connectivity index (χ3v) is 6.03. The van der Waals surface area contributed by atoms with E-state index in [-0.39, 0.29) is 31.0 Å². The number of rotatable bonds is 11. The first-order valence-electron chi connectivity index (χ1n) is 8.63. The summed E-state index contributed by atoms with van der Waals surface area (Å²) in [7, 11) is -3.69. The minimum absolute atomic E-state index is 0.0107. The maximum atomic E-state index is 12.2. The van der Waals surface area contributed by atoms with Crippen molar-refractivity contribution in [1.82, 2.24) is 10.0 Å². The second kappa shape index (κ2) is 8.64. The van der Waals surface area contributed by atoms with Crippen LogP contribution in [0.15, 0.2) is 0 Å². The van der Waals surface area contributed by atoms with Crippen LogP contribution in [0.3, 0.4) is 0 Å². The summed E-state index contributed by atoms with van der Waals surface area (Å²) in [5.41, 5.74) is -2.31. The average Bonchev–Trinajstić information content (AvgIpc) is 2.51.